The van der Waals surface area contributed by atoms with Gasteiger partial charge in [0.1, 0.15) is 5.78 Å². The highest BCUT2D eigenvalue weighted by molar-refractivity contribution is 6.30. The Morgan fingerprint density at radius 1 is 1.25 bits per heavy atom. The van der Waals surface area contributed by atoms with Crippen molar-refractivity contribution in [1.82, 2.24) is 5.43 Å². The molecule has 1 N–H and O–H groups in total. The summed E-state index contributed by atoms with van der Waals surface area (Å²) in [5.41, 5.74) is 3.63. The van der Waals surface area contributed by atoms with Gasteiger partial charge in [0.15, 0.2) is 0 Å². The summed E-state index contributed by atoms with van der Waals surface area (Å²) in [6.07, 6.45) is 1.61. The Labute approximate surface area is 123 Å². The van der Waals surface area contributed by atoms with Gasteiger partial charge in [-0.1, -0.05) is 25.4 Å². The van der Waals surface area contributed by atoms with E-state index >= 15 is 0 Å². The Morgan fingerprint density at radius 2 is 1.90 bits per heavy atom. The minimum Gasteiger partial charge on any atom is -0.299 e. The molecule has 5 heteroatoms. The van der Waals surface area contributed by atoms with Crippen molar-refractivity contribution in [2.45, 2.75) is 33.1 Å². The molecule has 0 aromatic heterocycles. The van der Waals surface area contributed by atoms with Gasteiger partial charge in [0.2, 0.25) is 0 Å². The Morgan fingerprint density at radius 3 is 2.50 bits per heavy atom. The summed E-state index contributed by atoms with van der Waals surface area (Å²) in [5, 5.41) is 4.67. The molecule has 2 rings (SSSR count). The van der Waals surface area contributed by atoms with E-state index < -0.39 is 0 Å². The number of hydrogen-bond donors (Lipinski definition) is 1. The fourth-order valence-corrected chi connectivity index (χ4v) is 2.50. The third-order valence-corrected chi connectivity index (χ3v) is 3.43. The van der Waals surface area contributed by atoms with E-state index in [9.17, 15) is 9.59 Å². The molecule has 1 saturated carbocycles. The van der Waals surface area contributed by atoms with Crippen LogP contribution in [0, 0.1) is 5.41 Å². The Bertz CT molecular complexity index is 562. The SMILES string of the molecule is CC1(C)CC(=O)CC(=NNC(=O)c2ccc(Cl)cc2)C1. The molecular weight excluding hydrogens is 276 g/mol. The molecule has 0 heterocycles. The number of ketones is 1. The monoisotopic (exact) mass is 292 g/mol. The highest BCUT2D eigenvalue weighted by Crippen LogP contribution is 2.31. The van der Waals surface area contributed by atoms with E-state index in [1.165, 1.54) is 0 Å². The van der Waals surface area contributed by atoms with Crippen molar-refractivity contribution in [3.05, 3.63) is 34.9 Å². The third-order valence-electron chi connectivity index (χ3n) is 3.18. The molecule has 1 fully saturated rings. The Kier molecular flexibility index (Phi) is 4.23. The number of carbonyl (C=O) groups excluding carboxylic acids is 2. The molecule has 1 aliphatic carbocycles. The molecule has 1 aromatic rings. The van der Waals surface area contributed by atoms with E-state index in [0.717, 1.165) is 12.1 Å². The van der Waals surface area contributed by atoms with Crippen LogP contribution in [0.2, 0.25) is 5.02 Å². The quantitative estimate of drug-likeness (QED) is 0.851. The second-order valence-electron chi connectivity index (χ2n) is 5.86. The minimum absolute atomic E-state index is 0.0842. The van der Waals surface area contributed by atoms with Gasteiger partial charge in [0.25, 0.3) is 5.91 Å². The number of nitrogens with zero attached hydrogens (tertiary/aromatic N) is 1. The summed E-state index contributed by atoms with van der Waals surface area (Å²) in [6, 6.07) is 6.56. The van der Waals surface area contributed by atoms with Crippen molar-refractivity contribution in [3.63, 3.8) is 0 Å². The van der Waals surface area contributed by atoms with Crippen LogP contribution in [-0.2, 0) is 4.79 Å². The van der Waals surface area contributed by atoms with Crippen LogP contribution in [0.25, 0.3) is 0 Å². The molecule has 0 bridgehead atoms. The second-order valence-corrected chi connectivity index (χ2v) is 6.30. The lowest BCUT2D eigenvalue weighted by Gasteiger charge is -2.28. The zero-order chi connectivity index (χ0) is 14.8. The van der Waals surface area contributed by atoms with Crippen LogP contribution < -0.4 is 5.43 Å². The van der Waals surface area contributed by atoms with E-state index in [4.69, 9.17) is 11.6 Å². The molecule has 20 heavy (non-hydrogen) atoms. The average molecular weight is 293 g/mol. The predicted octanol–water partition coefficient (Wildman–Crippen LogP) is 3.21. The Hall–Kier alpha value is -1.68. The average Bonchev–Trinajstić information content (AvgIpc) is 2.34. The summed E-state index contributed by atoms with van der Waals surface area (Å²) < 4.78 is 0. The number of rotatable bonds is 2. The summed E-state index contributed by atoms with van der Waals surface area (Å²) in [5.74, 6) is -0.134. The standard InChI is InChI=1S/C15H17ClN2O2/c1-15(2)8-12(7-13(19)9-15)17-18-14(20)10-3-5-11(16)6-4-10/h3-6H,7-9H2,1-2H3,(H,18,20). The number of nitrogens with one attached hydrogen (secondary N) is 1. The molecule has 0 spiro atoms. The minimum atomic E-state index is -0.301. The summed E-state index contributed by atoms with van der Waals surface area (Å²) in [6.45, 7) is 4.06. The van der Waals surface area contributed by atoms with Crippen LogP contribution in [0.4, 0.5) is 0 Å². The maximum Gasteiger partial charge on any atom is 0.271 e. The zero-order valence-electron chi connectivity index (χ0n) is 11.6. The van der Waals surface area contributed by atoms with Crippen molar-refractivity contribution in [2.24, 2.45) is 10.5 Å². The van der Waals surface area contributed by atoms with E-state index in [1.54, 1.807) is 24.3 Å². The first kappa shape index (κ1) is 14.7. The van der Waals surface area contributed by atoms with E-state index in [-0.39, 0.29) is 17.1 Å². The molecule has 0 saturated heterocycles. The number of halogens is 1. The Balaban J connectivity index is 2.03. The number of hydrogen-bond acceptors (Lipinski definition) is 3. The first-order valence-corrected chi connectivity index (χ1v) is 6.87. The molecule has 106 valence electrons. The topological polar surface area (TPSA) is 58.5 Å². The van der Waals surface area contributed by atoms with Gasteiger partial charge in [0, 0.05) is 29.1 Å². The fraction of sp³-hybridized carbons (Fsp3) is 0.400. The summed E-state index contributed by atoms with van der Waals surface area (Å²) in [7, 11) is 0. The van der Waals surface area contributed by atoms with Gasteiger partial charge >= 0.3 is 0 Å². The molecule has 1 aliphatic rings. The first-order chi connectivity index (χ1) is 9.35. The molecular formula is C15H17ClN2O2. The maximum absolute atomic E-state index is 11.9. The van der Waals surface area contributed by atoms with E-state index in [0.29, 0.717) is 23.4 Å². The van der Waals surface area contributed by atoms with Crippen molar-refractivity contribution in [2.75, 3.05) is 0 Å². The third kappa shape index (κ3) is 3.90. The number of carbonyl (C=O) groups is 2. The van der Waals surface area contributed by atoms with Crippen LogP contribution in [0.3, 0.4) is 0 Å². The summed E-state index contributed by atoms with van der Waals surface area (Å²) in [4.78, 5) is 23.5. The van der Waals surface area contributed by atoms with Crippen LogP contribution in [0.15, 0.2) is 29.4 Å². The lowest BCUT2D eigenvalue weighted by Crippen LogP contribution is -2.31. The van der Waals surface area contributed by atoms with Gasteiger partial charge in [-0.05, 0) is 36.1 Å². The van der Waals surface area contributed by atoms with Crippen molar-refractivity contribution in [3.8, 4) is 0 Å². The number of benzene rings is 1. The molecule has 0 radical (unpaired) electrons. The van der Waals surface area contributed by atoms with Gasteiger partial charge < -0.3 is 0 Å². The van der Waals surface area contributed by atoms with Crippen LogP contribution in [0.5, 0.6) is 0 Å². The molecule has 4 nitrogen and oxygen atoms in total. The second kappa shape index (κ2) is 5.75. The lowest BCUT2D eigenvalue weighted by molar-refractivity contribution is -0.120. The summed E-state index contributed by atoms with van der Waals surface area (Å²) >= 11 is 5.77. The largest absolute Gasteiger partial charge is 0.299 e. The van der Waals surface area contributed by atoms with Crippen LogP contribution in [0.1, 0.15) is 43.5 Å². The smallest absolute Gasteiger partial charge is 0.271 e. The highest BCUT2D eigenvalue weighted by Gasteiger charge is 2.30. The van der Waals surface area contributed by atoms with Gasteiger partial charge in [0.05, 0.1) is 0 Å². The molecule has 0 aliphatic heterocycles. The van der Waals surface area contributed by atoms with Crippen LogP contribution >= 0.6 is 11.6 Å². The maximum atomic E-state index is 11.9. The van der Waals surface area contributed by atoms with Crippen molar-refractivity contribution in [1.29, 1.82) is 0 Å². The van der Waals surface area contributed by atoms with Gasteiger partial charge in [-0.2, -0.15) is 5.10 Å². The van der Waals surface area contributed by atoms with Gasteiger partial charge in [-0.3, -0.25) is 9.59 Å². The van der Waals surface area contributed by atoms with Gasteiger partial charge in [-0.15, -0.1) is 0 Å². The highest BCUT2D eigenvalue weighted by atomic mass is 35.5. The van der Waals surface area contributed by atoms with Gasteiger partial charge in [-0.25, -0.2) is 5.43 Å². The van der Waals surface area contributed by atoms with Crippen LogP contribution in [-0.4, -0.2) is 17.4 Å². The molecule has 0 atom stereocenters. The molecule has 1 amide bonds. The molecule has 1 aromatic carbocycles. The lowest BCUT2D eigenvalue weighted by atomic mass is 9.76. The normalized spacial score (nSPS) is 19.9. The van der Waals surface area contributed by atoms with Crippen molar-refractivity contribution >= 4 is 29.0 Å². The van der Waals surface area contributed by atoms with Crippen molar-refractivity contribution < 1.29 is 9.59 Å². The number of hydrazone groups is 1. The van der Waals surface area contributed by atoms with E-state index in [2.05, 4.69) is 10.5 Å². The zero-order valence-corrected chi connectivity index (χ0v) is 12.3. The predicted molar refractivity (Wildman–Crippen MR) is 79.0 cm³/mol. The number of Topliss-reactive ketones (excluding diaryl/α,β-unsaturated/α-hetero) is 1. The molecule has 0 unspecified atom stereocenters. The fourth-order valence-electron chi connectivity index (χ4n) is 2.38. The number of amides is 1. The first-order valence-electron chi connectivity index (χ1n) is 6.49. The van der Waals surface area contributed by atoms with E-state index in [1.807, 2.05) is 13.8 Å².